The predicted molar refractivity (Wildman–Crippen MR) is 110 cm³/mol. The predicted octanol–water partition coefficient (Wildman–Crippen LogP) is 6.68. The van der Waals surface area contributed by atoms with Gasteiger partial charge in [-0.1, -0.05) is 96.9 Å². The van der Waals surface area contributed by atoms with Crippen LogP contribution in [0.15, 0.2) is 0 Å². The molecule has 2 aliphatic rings. The van der Waals surface area contributed by atoms with Crippen LogP contribution in [0.3, 0.4) is 0 Å². The van der Waals surface area contributed by atoms with Crippen LogP contribution in [-0.4, -0.2) is 18.1 Å². The van der Waals surface area contributed by atoms with Crippen molar-refractivity contribution in [1.29, 1.82) is 0 Å². The zero-order valence-corrected chi connectivity index (χ0v) is 19.1. The van der Waals surface area contributed by atoms with Crippen LogP contribution in [0.1, 0.15) is 90.4 Å². The first-order valence-electron chi connectivity index (χ1n) is 10.7. The molecule has 1 nitrogen and oxygen atoms in total. The summed E-state index contributed by atoms with van der Waals surface area (Å²) in [5.74, 6) is 2.14. The van der Waals surface area contributed by atoms with Crippen molar-refractivity contribution in [2.24, 2.45) is 11.8 Å². The van der Waals surface area contributed by atoms with Crippen LogP contribution in [0.2, 0.25) is 25.7 Å². The molecule has 2 saturated carbocycles. The molecule has 0 saturated heterocycles. The summed E-state index contributed by atoms with van der Waals surface area (Å²) in [4.78, 5) is 0. The van der Waals surface area contributed by atoms with E-state index in [0.717, 1.165) is 11.8 Å². The molecule has 0 bridgehead atoms. The van der Waals surface area contributed by atoms with Crippen LogP contribution in [0.5, 0.6) is 0 Å². The minimum Gasteiger partial charge on any atom is -0.461 e. The van der Waals surface area contributed by atoms with Crippen LogP contribution in [0.25, 0.3) is 0 Å². The minimum absolute atomic E-state index is 0.177. The lowest BCUT2D eigenvalue weighted by atomic mass is 9.86. The van der Waals surface area contributed by atoms with E-state index in [1.807, 2.05) is 0 Å². The van der Waals surface area contributed by atoms with Crippen molar-refractivity contribution in [2.75, 3.05) is 0 Å². The van der Waals surface area contributed by atoms with Gasteiger partial charge >= 0.3 is 0 Å². The van der Waals surface area contributed by atoms with Crippen molar-refractivity contribution in [3.63, 3.8) is 0 Å². The van der Waals surface area contributed by atoms with Crippen LogP contribution >= 0.6 is 0 Å². The molecule has 0 aliphatic heterocycles. The van der Waals surface area contributed by atoms with E-state index in [1.54, 1.807) is 0 Å². The van der Waals surface area contributed by atoms with Crippen LogP contribution in [0.4, 0.5) is 0 Å². The monoisotopic (exact) mass is 356 g/mol. The van der Waals surface area contributed by atoms with Crippen molar-refractivity contribution >= 4 is 18.1 Å². The average molecular weight is 357 g/mol. The highest BCUT2D eigenvalue weighted by Gasteiger charge is 2.23. The Labute approximate surface area is 150 Å². The van der Waals surface area contributed by atoms with Gasteiger partial charge in [0.2, 0.25) is 0 Å². The molecule has 0 aromatic heterocycles. The zero-order chi connectivity index (χ0) is 17.0. The van der Waals surface area contributed by atoms with Gasteiger partial charge in [-0.25, -0.2) is 0 Å². The molecule has 138 valence electrons. The van der Waals surface area contributed by atoms with E-state index in [-0.39, 0.29) is 9.76 Å². The lowest BCUT2D eigenvalue weighted by Gasteiger charge is -2.27. The SMILES string of the molecule is CCCC1CCCCC1.C[SiH2]O[Si](C)(C)CCC1CCCCC1. The van der Waals surface area contributed by atoms with Gasteiger partial charge in [0.05, 0.1) is 0 Å². The smallest absolute Gasteiger partial charge is 0.172 e. The molecule has 0 radical (unpaired) electrons. The number of rotatable bonds is 7. The van der Waals surface area contributed by atoms with Gasteiger partial charge in [0, 0.05) is 0 Å². The van der Waals surface area contributed by atoms with Crippen LogP contribution in [0, 0.1) is 11.8 Å². The second kappa shape index (κ2) is 12.7. The molecule has 0 unspecified atom stereocenters. The standard InChI is InChI=1S/C11H26OSi2.C9H18/c1-13-12-14(2,3)10-9-11-7-5-4-6-8-11;1-2-6-9-7-4-3-5-8-9/h11H,4-10,13H2,1-3H3;9H,2-8H2,1H3. The molecule has 3 heteroatoms. The van der Waals surface area contributed by atoms with Gasteiger partial charge in [0.1, 0.15) is 9.76 Å². The van der Waals surface area contributed by atoms with Gasteiger partial charge in [0.15, 0.2) is 8.32 Å². The third-order valence-electron chi connectivity index (χ3n) is 5.84. The fourth-order valence-electron chi connectivity index (χ4n) is 4.37. The van der Waals surface area contributed by atoms with Gasteiger partial charge in [-0.3, -0.25) is 0 Å². The van der Waals surface area contributed by atoms with E-state index < -0.39 is 8.32 Å². The van der Waals surface area contributed by atoms with E-state index in [9.17, 15) is 0 Å². The summed E-state index contributed by atoms with van der Waals surface area (Å²) in [5.41, 5.74) is 0. The Morgan fingerprint density at radius 3 is 1.74 bits per heavy atom. The van der Waals surface area contributed by atoms with Gasteiger partial charge < -0.3 is 4.12 Å². The Morgan fingerprint density at radius 1 is 0.826 bits per heavy atom. The summed E-state index contributed by atoms with van der Waals surface area (Å²) in [5, 5.41) is 0. The Hall–Kier alpha value is 0.394. The van der Waals surface area contributed by atoms with Crippen molar-refractivity contribution in [1.82, 2.24) is 0 Å². The maximum atomic E-state index is 6.00. The van der Waals surface area contributed by atoms with E-state index in [2.05, 4.69) is 26.6 Å². The molecule has 0 N–H and O–H groups in total. The van der Waals surface area contributed by atoms with Crippen LogP contribution < -0.4 is 0 Å². The Kier molecular flexibility index (Phi) is 11.8. The van der Waals surface area contributed by atoms with Gasteiger partial charge in [-0.15, -0.1) is 0 Å². The molecule has 0 aromatic rings. The topological polar surface area (TPSA) is 9.23 Å². The lowest BCUT2D eigenvalue weighted by molar-refractivity contribution is 0.336. The van der Waals surface area contributed by atoms with E-state index in [1.165, 1.54) is 89.5 Å². The first-order valence-corrected chi connectivity index (χ1v) is 15.8. The highest BCUT2D eigenvalue weighted by molar-refractivity contribution is 6.74. The Morgan fingerprint density at radius 2 is 1.30 bits per heavy atom. The molecule has 0 aromatic carbocycles. The van der Waals surface area contributed by atoms with E-state index >= 15 is 0 Å². The highest BCUT2D eigenvalue weighted by Crippen LogP contribution is 2.30. The zero-order valence-electron chi connectivity index (χ0n) is 16.7. The average Bonchev–Trinajstić information content (AvgIpc) is 2.56. The summed E-state index contributed by atoms with van der Waals surface area (Å²) >= 11 is 0. The normalized spacial score (nSPS) is 21.4. The molecule has 0 heterocycles. The van der Waals surface area contributed by atoms with Crippen molar-refractivity contribution < 1.29 is 4.12 Å². The van der Waals surface area contributed by atoms with Gasteiger partial charge in [-0.2, -0.15) is 0 Å². The first-order chi connectivity index (χ1) is 11.1. The Balaban J connectivity index is 0.000000253. The van der Waals surface area contributed by atoms with E-state index in [0.29, 0.717) is 0 Å². The quantitative estimate of drug-likeness (QED) is 0.462. The van der Waals surface area contributed by atoms with Crippen molar-refractivity contribution in [3.8, 4) is 0 Å². The molecular weight excluding hydrogens is 312 g/mol. The maximum Gasteiger partial charge on any atom is 0.172 e. The molecule has 2 aliphatic carbocycles. The second-order valence-corrected chi connectivity index (χ2v) is 14.3. The second-order valence-electron chi connectivity index (χ2n) is 8.53. The molecular formula is C20H44OSi2. The van der Waals surface area contributed by atoms with E-state index in [4.69, 9.17) is 4.12 Å². The van der Waals surface area contributed by atoms with Crippen molar-refractivity contribution in [3.05, 3.63) is 0 Å². The van der Waals surface area contributed by atoms with Gasteiger partial charge in [0.25, 0.3) is 0 Å². The molecule has 2 rings (SSSR count). The summed E-state index contributed by atoms with van der Waals surface area (Å²) in [6.45, 7) is 9.35. The fourth-order valence-corrected chi connectivity index (χ4v) is 9.18. The third-order valence-corrected chi connectivity index (χ3v) is 11.6. The summed E-state index contributed by atoms with van der Waals surface area (Å²) in [6.07, 6.45) is 19.3. The van der Waals surface area contributed by atoms with Crippen molar-refractivity contribution in [2.45, 2.75) is 116 Å². The summed E-state index contributed by atoms with van der Waals surface area (Å²) in [6, 6.07) is 1.40. The first kappa shape index (κ1) is 21.4. The molecule has 0 atom stereocenters. The molecule has 0 amide bonds. The Bertz CT molecular complexity index is 266. The molecule has 2 fully saturated rings. The summed E-state index contributed by atoms with van der Waals surface area (Å²) < 4.78 is 6.00. The number of hydrogen-bond donors (Lipinski definition) is 0. The third kappa shape index (κ3) is 10.8. The number of hydrogen-bond acceptors (Lipinski definition) is 1. The minimum atomic E-state index is -1.23. The summed E-state index contributed by atoms with van der Waals surface area (Å²) in [7, 11) is -1.40. The maximum absolute atomic E-state index is 6.00. The van der Waals surface area contributed by atoms with Gasteiger partial charge in [-0.05, 0) is 31.0 Å². The van der Waals surface area contributed by atoms with Crippen LogP contribution in [-0.2, 0) is 4.12 Å². The largest absolute Gasteiger partial charge is 0.461 e. The molecule has 23 heavy (non-hydrogen) atoms. The highest BCUT2D eigenvalue weighted by atomic mass is 28.4. The lowest BCUT2D eigenvalue weighted by Crippen LogP contribution is -2.31. The fraction of sp³-hybridized carbons (Fsp3) is 1.00. The molecule has 0 spiro atoms.